The van der Waals surface area contributed by atoms with Gasteiger partial charge in [0.15, 0.2) is 19.0 Å². The van der Waals surface area contributed by atoms with Gasteiger partial charge in [0.05, 0.1) is 17.9 Å². The number of nitrogens with one attached hydrogen (secondary N) is 1. The van der Waals surface area contributed by atoms with Crippen molar-refractivity contribution < 1.29 is 23.9 Å². The predicted octanol–water partition coefficient (Wildman–Crippen LogP) is 3.31. The molecular weight excluding hydrogens is 446 g/mol. The SMILES string of the molecule is Cc1cc(C)c(OCC(=O)c2ccc3c(c2)N(CC(=O)NCc2ccccn2)C(=O)CO3)c(C)c1. The number of benzene rings is 2. The Balaban J connectivity index is 1.46. The number of ketones is 1. The Bertz CT molecular complexity index is 1250. The van der Waals surface area contributed by atoms with Crippen LogP contribution in [0.2, 0.25) is 0 Å². The van der Waals surface area contributed by atoms with Gasteiger partial charge in [0.2, 0.25) is 5.91 Å². The highest BCUT2D eigenvalue weighted by atomic mass is 16.5. The van der Waals surface area contributed by atoms with Gasteiger partial charge in [-0.3, -0.25) is 24.3 Å². The molecule has 1 aliphatic rings. The molecule has 1 aromatic heterocycles. The fraction of sp³-hybridized carbons (Fsp3) is 0.259. The van der Waals surface area contributed by atoms with Crippen LogP contribution in [0.5, 0.6) is 11.5 Å². The van der Waals surface area contributed by atoms with Gasteiger partial charge in [0.1, 0.15) is 18.0 Å². The van der Waals surface area contributed by atoms with Gasteiger partial charge in [-0.25, -0.2) is 0 Å². The molecule has 0 bridgehead atoms. The Labute approximate surface area is 203 Å². The number of hydrogen-bond acceptors (Lipinski definition) is 6. The van der Waals surface area contributed by atoms with Crippen molar-refractivity contribution >= 4 is 23.3 Å². The molecule has 35 heavy (non-hydrogen) atoms. The lowest BCUT2D eigenvalue weighted by atomic mass is 10.1. The Morgan fingerprint density at radius 2 is 1.86 bits per heavy atom. The van der Waals surface area contributed by atoms with E-state index in [0.717, 1.165) is 16.7 Å². The number of carbonyl (C=O) groups is 3. The Hall–Kier alpha value is -4.20. The minimum Gasteiger partial charge on any atom is -0.485 e. The van der Waals surface area contributed by atoms with E-state index in [9.17, 15) is 14.4 Å². The first-order valence-electron chi connectivity index (χ1n) is 11.3. The number of Topliss-reactive ketones (excluding diaryl/α,β-unsaturated/α-hetero) is 1. The molecule has 0 saturated heterocycles. The topological polar surface area (TPSA) is 97.8 Å². The van der Waals surface area contributed by atoms with Gasteiger partial charge in [-0.1, -0.05) is 23.8 Å². The average Bonchev–Trinajstić information content (AvgIpc) is 2.84. The molecule has 0 fully saturated rings. The largest absolute Gasteiger partial charge is 0.485 e. The van der Waals surface area contributed by atoms with E-state index in [2.05, 4.69) is 10.3 Å². The lowest BCUT2D eigenvalue weighted by Gasteiger charge is -2.29. The van der Waals surface area contributed by atoms with Crippen LogP contribution in [0.15, 0.2) is 54.7 Å². The van der Waals surface area contributed by atoms with Crippen molar-refractivity contribution in [3.8, 4) is 11.5 Å². The van der Waals surface area contributed by atoms with E-state index in [1.807, 2.05) is 39.0 Å². The van der Waals surface area contributed by atoms with Crippen LogP contribution in [-0.4, -0.2) is 42.3 Å². The molecule has 1 aliphatic heterocycles. The number of amides is 2. The summed E-state index contributed by atoms with van der Waals surface area (Å²) in [4.78, 5) is 43.5. The second kappa shape index (κ2) is 10.4. The van der Waals surface area contributed by atoms with Crippen molar-refractivity contribution in [2.45, 2.75) is 27.3 Å². The van der Waals surface area contributed by atoms with Gasteiger partial charge >= 0.3 is 0 Å². The van der Waals surface area contributed by atoms with Crippen molar-refractivity contribution in [2.24, 2.45) is 0 Å². The van der Waals surface area contributed by atoms with Crippen LogP contribution in [0.25, 0.3) is 0 Å². The molecule has 3 aromatic rings. The molecule has 0 spiro atoms. The Kier molecular flexibility index (Phi) is 7.10. The highest BCUT2D eigenvalue weighted by molar-refractivity contribution is 6.04. The van der Waals surface area contributed by atoms with Gasteiger partial charge < -0.3 is 14.8 Å². The predicted molar refractivity (Wildman–Crippen MR) is 131 cm³/mol. The number of ether oxygens (including phenoxy) is 2. The molecule has 1 N–H and O–H groups in total. The summed E-state index contributed by atoms with van der Waals surface area (Å²) in [6, 6.07) is 14.3. The smallest absolute Gasteiger partial charge is 0.265 e. The molecule has 0 saturated carbocycles. The summed E-state index contributed by atoms with van der Waals surface area (Å²) >= 11 is 0. The van der Waals surface area contributed by atoms with E-state index < -0.39 is 0 Å². The Morgan fingerprint density at radius 1 is 1.09 bits per heavy atom. The van der Waals surface area contributed by atoms with Crippen molar-refractivity contribution in [1.82, 2.24) is 10.3 Å². The van der Waals surface area contributed by atoms with Crippen LogP contribution < -0.4 is 19.7 Å². The number of pyridine rings is 1. The van der Waals surface area contributed by atoms with Crippen LogP contribution in [0.3, 0.4) is 0 Å². The third-order valence-corrected chi connectivity index (χ3v) is 5.67. The first-order valence-corrected chi connectivity index (χ1v) is 11.3. The lowest BCUT2D eigenvalue weighted by Crippen LogP contribution is -2.45. The summed E-state index contributed by atoms with van der Waals surface area (Å²) in [5.41, 5.74) is 4.50. The molecule has 180 valence electrons. The molecule has 2 amide bonds. The molecule has 8 nitrogen and oxygen atoms in total. The number of aromatic nitrogens is 1. The quantitative estimate of drug-likeness (QED) is 0.504. The fourth-order valence-corrected chi connectivity index (χ4v) is 4.06. The zero-order valence-corrected chi connectivity index (χ0v) is 20.0. The monoisotopic (exact) mass is 473 g/mol. The minimum absolute atomic E-state index is 0.150. The standard InChI is InChI=1S/C27H27N3O5/c1-17-10-18(2)27(19(3)11-17)35-15-23(31)20-7-8-24-22(12-20)30(26(33)16-34-24)14-25(32)29-13-21-6-4-5-9-28-21/h4-12H,13-16H2,1-3H3,(H,29,32). The number of fused-ring (bicyclic) bond motifs is 1. The van der Waals surface area contributed by atoms with Gasteiger partial charge in [0, 0.05) is 11.8 Å². The van der Waals surface area contributed by atoms with Gasteiger partial charge in [-0.2, -0.15) is 0 Å². The number of anilines is 1. The summed E-state index contributed by atoms with van der Waals surface area (Å²) in [6.07, 6.45) is 1.65. The van der Waals surface area contributed by atoms with Crippen LogP contribution in [-0.2, 0) is 16.1 Å². The number of carbonyl (C=O) groups excluding carboxylic acids is 3. The number of nitrogens with zero attached hydrogens (tertiary/aromatic N) is 2. The van der Waals surface area contributed by atoms with E-state index in [1.54, 1.807) is 36.5 Å². The first kappa shape index (κ1) is 23.9. The molecule has 2 aromatic carbocycles. The number of rotatable bonds is 8. The second-order valence-corrected chi connectivity index (χ2v) is 8.49. The summed E-state index contributed by atoms with van der Waals surface area (Å²) in [5.74, 6) is 0.167. The summed E-state index contributed by atoms with van der Waals surface area (Å²) in [5, 5.41) is 2.76. The van der Waals surface area contributed by atoms with Gasteiger partial charge in [-0.15, -0.1) is 0 Å². The average molecular weight is 474 g/mol. The third-order valence-electron chi connectivity index (χ3n) is 5.67. The minimum atomic E-state index is -0.364. The molecule has 4 rings (SSSR count). The van der Waals surface area contributed by atoms with Gasteiger partial charge in [0.25, 0.3) is 5.91 Å². The van der Waals surface area contributed by atoms with E-state index in [4.69, 9.17) is 9.47 Å². The van der Waals surface area contributed by atoms with Crippen LogP contribution >= 0.6 is 0 Å². The maximum Gasteiger partial charge on any atom is 0.265 e. The first-order chi connectivity index (χ1) is 16.8. The highest BCUT2D eigenvalue weighted by Gasteiger charge is 2.28. The van der Waals surface area contributed by atoms with E-state index in [-0.39, 0.29) is 43.9 Å². The van der Waals surface area contributed by atoms with Crippen molar-refractivity contribution in [3.05, 3.63) is 82.7 Å². The molecule has 0 atom stereocenters. The fourth-order valence-electron chi connectivity index (χ4n) is 4.06. The molecular formula is C27H27N3O5. The normalized spacial score (nSPS) is 12.5. The van der Waals surface area contributed by atoms with Crippen molar-refractivity contribution in [3.63, 3.8) is 0 Å². The van der Waals surface area contributed by atoms with E-state index >= 15 is 0 Å². The molecule has 8 heteroatoms. The van der Waals surface area contributed by atoms with Crippen LogP contribution in [0.1, 0.15) is 32.7 Å². The highest BCUT2D eigenvalue weighted by Crippen LogP contribution is 2.33. The maximum atomic E-state index is 12.9. The number of aryl methyl sites for hydroxylation is 3. The maximum absolute atomic E-state index is 12.9. The molecule has 0 aliphatic carbocycles. The second-order valence-electron chi connectivity index (χ2n) is 8.49. The Morgan fingerprint density at radius 3 is 2.57 bits per heavy atom. The van der Waals surface area contributed by atoms with Crippen LogP contribution in [0.4, 0.5) is 5.69 Å². The van der Waals surface area contributed by atoms with Crippen molar-refractivity contribution in [2.75, 3.05) is 24.7 Å². The van der Waals surface area contributed by atoms with Gasteiger partial charge in [-0.05, 0) is 62.2 Å². The van der Waals surface area contributed by atoms with E-state index in [0.29, 0.717) is 28.4 Å². The summed E-state index contributed by atoms with van der Waals surface area (Å²) < 4.78 is 11.3. The summed E-state index contributed by atoms with van der Waals surface area (Å²) in [6.45, 7) is 5.62. The third kappa shape index (κ3) is 5.66. The van der Waals surface area contributed by atoms with Crippen LogP contribution in [0, 0.1) is 20.8 Å². The lowest BCUT2D eigenvalue weighted by molar-refractivity contribution is -0.125. The van der Waals surface area contributed by atoms with Crippen molar-refractivity contribution in [1.29, 1.82) is 0 Å². The molecule has 0 radical (unpaired) electrons. The zero-order valence-electron chi connectivity index (χ0n) is 20.0. The molecule has 0 unspecified atom stereocenters. The number of hydrogen-bond donors (Lipinski definition) is 1. The van der Waals surface area contributed by atoms with E-state index in [1.165, 1.54) is 4.90 Å². The summed E-state index contributed by atoms with van der Waals surface area (Å²) in [7, 11) is 0. The molecule has 2 heterocycles. The zero-order chi connectivity index (χ0) is 24.9.